The molecular weight excluding hydrogens is 126 g/mol. The van der Waals surface area contributed by atoms with Crippen molar-refractivity contribution in [1.82, 2.24) is 4.90 Å². The van der Waals surface area contributed by atoms with Crippen molar-refractivity contribution in [2.45, 2.75) is 25.9 Å². The second-order valence-corrected chi connectivity index (χ2v) is 2.97. The van der Waals surface area contributed by atoms with Crippen LogP contribution in [0.3, 0.4) is 0 Å². The molecule has 1 rings (SSSR count). The first-order valence-corrected chi connectivity index (χ1v) is 3.88. The van der Waals surface area contributed by atoms with Gasteiger partial charge >= 0.3 is 0 Å². The van der Waals surface area contributed by atoms with Crippen molar-refractivity contribution < 1.29 is 4.74 Å². The maximum absolute atomic E-state index is 5.36. The third kappa shape index (κ3) is 1.50. The van der Waals surface area contributed by atoms with Gasteiger partial charge in [-0.2, -0.15) is 0 Å². The topological polar surface area (TPSA) is 12.5 Å². The molecule has 10 heavy (non-hydrogen) atoms. The molecule has 0 aromatic rings. The number of morpholine rings is 1. The van der Waals surface area contributed by atoms with E-state index >= 15 is 0 Å². The molecule has 1 fully saturated rings. The van der Waals surface area contributed by atoms with Crippen LogP contribution < -0.4 is 0 Å². The number of rotatable bonds is 1. The average molecular weight is 142 g/mol. The monoisotopic (exact) mass is 142 g/mol. The van der Waals surface area contributed by atoms with Crippen molar-refractivity contribution in [3.05, 3.63) is 6.92 Å². The fourth-order valence-corrected chi connectivity index (χ4v) is 1.48. The van der Waals surface area contributed by atoms with E-state index < -0.39 is 0 Å². The van der Waals surface area contributed by atoms with Crippen LogP contribution in [0.5, 0.6) is 0 Å². The van der Waals surface area contributed by atoms with Gasteiger partial charge < -0.3 is 4.74 Å². The number of hydrogen-bond acceptors (Lipinski definition) is 2. The molecule has 1 radical (unpaired) electrons. The van der Waals surface area contributed by atoms with E-state index in [0.29, 0.717) is 12.1 Å². The predicted octanol–water partition coefficient (Wildman–Crippen LogP) is 0.930. The molecule has 0 spiro atoms. The van der Waals surface area contributed by atoms with E-state index in [1.54, 1.807) is 0 Å². The summed E-state index contributed by atoms with van der Waals surface area (Å²) in [6, 6.07) is 1.09. The minimum Gasteiger partial charge on any atom is -0.378 e. The number of ether oxygens (including phenoxy) is 1. The summed E-state index contributed by atoms with van der Waals surface area (Å²) in [6.07, 6.45) is 0. The Hall–Kier alpha value is -0.0800. The highest BCUT2D eigenvalue weighted by molar-refractivity contribution is 4.77. The lowest BCUT2D eigenvalue weighted by atomic mass is 10.2. The molecule has 0 saturated carbocycles. The zero-order valence-electron chi connectivity index (χ0n) is 6.84. The zero-order chi connectivity index (χ0) is 7.56. The first-order chi connectivity index (χ1) is 4.75. The van der Waals surface area contributed by atoms with Crippen LogP contribution in [-0.2, 0) is 4.74 Å². The van der Waals surface area contributed by atoms with Crippen LogP contribution in [0.25, 0.3) is 0 Å². The van der Waals surface area contributed by atoms with Gasteiger partial charge in [0.15, 0.2) is 0 Å². The van der Waals surface area contributed by atoms with E-state index in [1.165, 1.54) is 0 Å². The van der Waals surface area contributed by atoms with Gasteiger partial charge in [0.2, 0.25) is 0 Å². The van der Waals surface area contributed by atoms with Gasteiger partial charge in [0, 0.05) is 12.1 Å². The Morgan fingerprint density at radius 1 is 1.40 bits per heavy atom. The summed E-state index contributed by atoms with van der Waals surface area (Å²) in [5.41, 5.74) is 0. The van der Waals surface area contributed by atoms with Crippen LogP contribution >= 0.6 is 0 Å². The van der Waals surface area contributed by atoms with Gasteiger partial charge in [-0.25, -0.2) is 0 Å². The molecule has 0 amide bonds. The summed E-state index contributed by atoms with van der Waals surface area (Å²) in [7, 11) is 0. The summed E-state index contributed by atoms with van der Waals surface area (Å²) >= 11 is 0. The van der Waals surface area contributed by atoms with Crippen LogP contribution in [0.15, 0.2) is 0 Å². The molecular formula is C8H16NO. The average Bonchev–Trinajstić information content (AvgIpc) is 1.88. The van der Waals surface area contributed by atoms with Crippen molar-refractivity contribution in [1.29, 1.82) is 0 Å². The molecule has 2 unspecified atom stereocenters. The molecule has 59 valence electrons. The highest BCUT2D eigenvalue weighted by atomic mass is 16.5. The van der Waals surface area contributed by atoms with E-state index in [4.69, 9.17) is 4.74 Å². The maximum atomic E-state index is 5.36. The maximum Gasteiger partial charge on any atom is 0.0620 e. The van der Waals surface area contributed by atoms with Crippen LogP contribution in [0.4, 0.5) is 0 Å². The molecule has 0 bridgehead atoms. The number of hydrogen-bond donors (Lipinski definition) is 0. The molecule has 0 aromatic heterocycles. The summed E-state index contributed by atoms with van der Waals surface area (Å²) in [4.78, 5) is 2.36. The molecule has 2 heteroatoms. The molecule has 0 N–H and O–H groups in total. The van der Waals surface area contributed by atoms with Gasteiger partial charge in [-0.1, -0.05) is 0 Å². The predicted molar refractivity (Wildman–Crippen MR) is 41.8 cm³/mol. The molecule has 2 nitrogen and oxygen atoms in total. The Balaban J connectivity index is 2.45. The fourth-order valence-electron chi connectivity index (χ4n) is 1.48. The van der Waals surface area contributed by atoms with Crippen molar-refractivity contribution in [3.8, 4) is 0 Å². The van der Waals surface area contributed by atoms with Gasteiger partial charge in [0.05, 0.1) is 13.2 Å². The normalized spacial score (nSPS) is 36.3. The smallest absolute Gasteiger partial charge is 0.0620 e. The fraction of sp³-hybridized carbons (Fsp3) is 0.875. The Labute approximate surface area is 63.2 Å². The van der Waals surface area contributed by atoms with Crippen molar-refractivity contribution >= 4 is 0 Å². The Morgan fingerprint density at radius 2 is 1.90 bits per heavy atom. The first kappa shape index (κ1) is 8.02. The van der Waals surface area contributed by atoms with Crippen molar-refractivity contribution in [2.75, 3.05) is 19.8 Å². The third-order valence-electron chi connectivity index (χ3n) is 2.11. The lowest BCUT2D eigenvalue weighted by molar-refractivity contribution is -0.0309. The van der Waals surface area contributed by atoms with Crippen LogP contribution in [0, 0.1) is 6.92 Å². The second kappa shape index (κ2) is 3.35. The molecule has 0 aromatic carbocycles. The minimum absolute atomic E-state index is 0.543. The summed E-state index contributed by atoms with van der Waals surface area (Å²) < 4.78 is 5.36. The van der Waals surface area contributed by atoms with Gasteiger partial charge in [-0.15, -0.1) is 0 Å². The lowest BCUT2D eigenvalue weighted by Gasteiger charge is -2.37. The zero-order valence-corrected chi connectivity index (χ0v) is 6.84. The van der Waals surface area contributed by atoms with Crippen LogP contribution in [0.2, 0.25) is 0 Å². The van der Waals surface area contributed by atoms with Crippen LogP contribution in [-0.4, -0.2) is 36.7 Å². The largest absolute Gasteiger partial charge is 0.378 e. The highest BCUT2D eigenvalue weighted by Crippen LogP contribution is 2.11. The molecule has 1 saturated heterocycles. The molecule has 1 aliphatic rings. The number of nitrogens with zero attached hydrogens (tertiary/aromatic N) is 1. The third-order valence-corrected chi connectivity index (χ3v) is 2.11. The van der Waals surface area contributed by atoms with E-state index in [-0.39, 0.29) is 0 Å². The molecule has 1 heterocycles. The molecule has 1 aliphatic heterocycles. The summed E-state index contributed by atoms with van der Waals surface area (Å²) in [5.74, 6) is 0. The molecule has 2 atom stereocenters. The van der Waals surface area contributed by atoms with E-state index in [9.17, 15) is 0 Å². The van der Waals surface area contributed by atoms with E-state index in [0.717, 1.165) is 19.8 Å². The second-order valence-electron chi connectivity index (χ2n) is 2.97. The molecule has 0 aliphatic carbocycles. The minimum atomic E-state index is 0.543. The van der Waals surface area contributed by atoms with Gasteiger partial charge in [-0.3, -0.25) is 4.90 Å². The van der Waals surface area contributed by atoms with E-state index in [2.05, 4.69) is 25.7 Å². The highest BCUT2D eigenvalue weighted by Gasteiger charge is 2.22. The van der Waals surface area contributed by atoms with E-state index in [1.807, 2.05) is 0 Å². The first-order valence-electron chi connectivity index (χ1n) is 3.88. The standard InChI is InChI=1S/C8H16NO/c1-4-9-7(2)5-10-6-8(9)3/h7-8H,1,4-6H2,2-3H3. The van der Waals surface area contributed by atoms with Crippen molar-refractivity contribution in [3.63, 3.8) is 0 Å². The lowest BCUT2D eigenvalue weighted by Crippen LogP contribution is -2.49. The summed E-state index contributed by atoms with van der Waals surface area (Å²) in [5, 5.41) is 0. The Morgan fingerprint density at radius 3 is 2.20 bits per heavy atom. The van der Waals surface area contributed by atoms with Gasteiger partial charge in [-0.05, 0) is 27.3 Å². The SMILES string of the molecule is [CH2]CN1C(C)COCC1C. The summed E-state index contributed by atoms with van der Waals surface area (Å²) in [6.45, 7) is 10.9. The quantitative estimate of drug-likeness (QED) is 0.540. The van der Waals surface area contributed by atoms with Crippen molar-refractivity contribution in [2.24, 2.45) is 0 Å². The Kier molecular flexibility index (Phi) is 2.69. The van der Waals surface area contributed by atoms with Gasteiger partial charge in [0.1, 0.15) is 0 Å². The van der Waals surface area contributed by atoms with Crippen LogP contribution in [0.1, 0.15) is 13.8 Å². The Bertz CT molecular complexity index is 95.4. The van der Waals surface area contributed by atoms with Gasteiger partial charge in [0.25, 0.3) is 0 Å².